The Kier molecular flexibility index (Phi) is 3.52. The zero-order valence-electron chi connectivity index (χ0n) is 12.2. The molecule has 1 aromatic carbocycles. The third-order valence-corrected chi connectivity index (χ3v) is 4.94. The number of aromatic nitrogens is 4. The van der Waals surface area contributed by atoms with Gasteiger partial charge in [0.05, 0.1) is 11.8 Å². The standard InChI is InChI=1S/C14H18N4O2S/c1-10-5-11(2)7-12(6-10)8-21(19,20)9-14-15-16-17-18(14)13-3-4-13/h5-7,13H,3-4,8-9H2,1-2H3. The average molecular weight is 306 g/mol. The second kappa shape index (κ2) is 5.22. The molecule has 0 amide bonds. The molecular weight excluding hydrogens is 288 g/mol. The normalized spacial score (nSPS) is 15.3. The Bertz CT molecular complexity index is 743. The minimum atomic E-state index is -3.28. The van der Waals surface area contributed by atoms with Crippen LogP contribution in [0, 0.1) is 13.8 Å². The Labute approximate surface area is 124 Å². The van der Waals surface area contributed by atoms with Crippen molar-refractivity contribution < 1.29 is 8.42 Å². The second-order valence-corrected chi connectivity index (χ2v) is 7.86. The number of sulfone groups is 1. The molecule has 1 heterocycles. The number of hydrogen-bond donors (Lipinski definition) is 0. The lowest BCUT2D eigenvalue weighted by molar-refractivity contribution is 0.574. The molecule has 1 aromatic heterocycles. The van der Waals surface area contributed by atoms with E-state index >= 15 is 0 Å². The van der Waals surface area contributed by atoms with Gasteiger partial charge in [0.1, 0.15) is 5.75 Å². The van der Waals surface area contributed by atoms with Crippen LogP contribution >= 0.6 is 0 Å². The van der Waals surface area contributed by atoms with Gasteiger partial charge in [0.2, 0.25) is 0 Å². The van der Waals surface area contributed by atoms with Crippen LogP contribution in [0.4, 0.5) is 0 Å². The monoisotopic (exact) mass is 306 g/mol. The van der Waals surface area contributed by atoms with Crippen LogP contribution in [0.15, 0.2) is 18.2 Å². The molecule has 1 fully saturated rings. The molecule has 0 atom stereocenters. The summed E-state index contributed by atoms with van der Waals surface area (Å²) in [5.41, 5.74) is 2.96. The Balaban J connectivity index is 1.78. The maximum absolute atomic E-state index is 12.4. The zero-order chi connectivity index (χ0) is 15.0. The van der Waals surface area contributed by atoms with Gasteiger partial charge in [-0.15, -0.1) is 5.10 Å². The molecule has 112 valence electrons. The molecule has 1 saturated carbocycles. The zero-order valence-corrected chi connectivity index (χ0v) is 13.0. The van der Waals surface area contributed by atoms with E-state index in [1.165, 1.54) is 0 Å². The van der Waals surface area contributed by atoms with Crippen LogP contribution in [-0.2, 0) is 21.3 Å². The number of hydrogen-bond acceptors (Lipinski definition) is 5. The van der Waals surface area contributed by atoms with Crippen molar-refractivity contribution in [3.05, 3.63) is 40.7 Å². The summed E-state index contributed by atoms with van der Waals surface area (Å²) >= 11 is 0. The molecule has 21 heavy (non-hydrogen) atoms. The van der Waals surface area contributed by atoms with Crippen LogP contribution in [0.5, 0.6) is 0 Å². The highest BCUT2D eigenvalue weighted by Crippen LogP contribution is 2.34. The number of aryl methyl sites for hydroxylation is 2. The van der Waals surface area contributed by atoms with E-state index in [4.69, 9.17) is 0 Å². The summed E-state index contributed by atoms with van der Waals surface area (Å²) in [5, 5.41) is 11.4. The molecule has 6 nitrogen and oxygen atoms in total. The highest BCUT2D eigenvalue weighted by Gasteiger charge is 2.29. The maximum atomic E-state index is 12.4. The molecule has 0 radical (unpaired) electrons. The fourth-order valence-corrected chi connectivity index (χ4v) is 3.92. The Morgan fingerprint density at radius 3 is 2.43 bits per heavy atom. The Hall–Kier alpha value is -1.76. The number of tetrazole rings is 1. The summed E-state index contributed by atoms with van der Waals surface area (Å²) in [6, 6.07) is 6.14. The van der Waals surface area contributed by atoms with Crippen LogP contribution in [0.25, 0.3) is 0 Å². The van der Waals surface area contributed by atoms with Crippen LogP contribution in [0.1, 0.15) is 41.4 Å². The summed E-state index contributed by atoms with van der Waals surface area (Å²) in [5.74, 6) is 0.359. The van der Waals surface area contributed by atoms with Gasteiger partial charge in [-0.05, 0) is 42.7 Å². The van der Waals surface area contributed by atoms with E-state index in [1.54, 1.807) is 4.68 Å². The summed E-state index contributed by atoms with van der Waals surface area (Å²) in [6.45, 7) is 3.94. The first-order valence-corrected chi connectivity index (χ1v) is 8.79. The van der Waals surface area contributed by atoms with Crippen molar-refractivity contribution in [2.45, 2.75) is 44.2 Å². The predicted octanol–water partition coefficient (Wildman–Crippen LogP) is 1.74. The van der Waals surface area contributed by atoms with Crippen LogP contribution in [0.2, 0.25) is 0 Å². The lowest BCUT2D eigenvalue weighted by atomic mass is 10.1. The Morgan fingerprint density at radius 2 is 1.81 bits per heavy atom. The molecule has 0 N–H and O–H groups in total. The summed E-state index contributed by atoms with van der Waals surface area (Å²) < 4.78 is 26.4. The maximum Gasteiger partial charge on any atom is 0.166 e. The summed E-state index contributed by atoms with van der Waals surface area (Å²) in [6.07, 6.45) is 2.05. The number of benzene rings is 1. The van der Waals surface area contributed by atoms with Crippen molar-refractivity contribution in [1.29, 1.82) is 0 Å². The van der Waals surface area contributed by atoms with E-state index in [2.05, 4.69) is 15.5 Å². The first-order chi connectivity index (χ1) is 9.93. The van der Waals surface area contributed by atoms with Gasteiger partial charge in [0, 0.05) is 0 Å². The fraction of sp³-hybridized carbons (Fsp3) is 0.500. The molecule has 2 aromatic rings. The topological polar surface area (TPSA) is 77.7 Å². The van der Waals surface area contributed by atoms with Crippen LogP contribution in [0.3, 0.4) is 0 Å². The van der Waals surface area contributed by atoms with Crippen molar-refractivity contribution in [1.82, 2.24) is 20.2 Å². The molecule has 0 spiro atoms. The third-order valence-electron chi connectivity index (χ3n) is 3.47. The quantitative estimate of drug-likeness (QED) is 0.841. The average Bonchev–Trinajstić information content (AvgIpc) is 3.08. The van der Waals surface area contributed by atoms with Gasteiger partial charge in [0.25, 0.3) is 0 Å². The molecule has 0 bridgehead atoms. The van der Waals surface area contributed by atoms with E-state index in [0.29, 0.717) is 5.82 Å². The third kappa shape index (κ3) is 3.47. The largest absolute Gasteiger partial charge is 0.228 e. The van der Waals surface area contributed by atoms with Gasteiger partial charge < -0.3 is 0 Å². The summed E-state index contributed by atoms with van der Waals surface area (Å²) in [7, 11) is -3.28. The first kappa shape index (κ1) is 14.2. The molecule has 0 unspecified atom stereocenters. The van der Waals surface area contributed by atoms with Gasteiger partial charge in [-0.1, -0.05) is 29.3 Å². The molecule has 7 heteroatoms. The van der Waals surface area contributed by atoms with Crippen molar-refractivity contribution in [2.24, 2.45) is 0 Å². The van der Waals surface area contributed by atoms with Crippen LogP contribution < -0.4 is 0 Å². The van der Waals surface area contributed by atoms with Crippen LogP contribution in [-0.4, -0.2) is 28.6 Å². The SMILES string of the molecule is Cc1cc(C)cc(CS(=O)(=O)Cc2nnnn2C2CC2)c1. The lowest BCUT2D eigenvalue weighted by Crippen LogP contribution is -2.13. The van der Waals surface area contributed by atoms with Crippen molar-refractivity contribution in [3.8, 4) is 0 Å². The van der Waals surface area contributed by atoms with Crippen molar-refractivity contribution in [3.63, 3.8) is 0 Å². The highest BCUT2D eigenvalue weighted by molar-refractivity contribution is 7.89. The van der Waals surface area contributed by atoms with Crippen molar-refractivity contribution in [2.75, 3.05) is 0 Å². The molecule has 1 aliphatic rings. The second-order valence-electron chi connectivity index (χ2n) is 5.80. The minimum Gasteiger partial charge on any atom is -0.228 e. The van der Waals surface area contributed by atoms with Gasteiger partial charge in [-0.2, -0.15) is 0 Å². The minimum absolute atomic E-state index is 0.0209. The summed E-state index contributed by atoms with van der Waals surface area (Å²) in [4.78, 5) is 0. The Morgan fingerprint density at radius 1 is 1.14 bits per heavy atom. The van der Waals surface area contributed by atoms with Gasteiger partial charge >= 0.3 is 0 Å². The highest BCUT2D eigenvalue weighted by atomic mass is 32.2. The number of rotatable bonds is 5. The first-order valence-electron chi connectivity index (χ1n) is 6.97. The van der Waals surface area contributed by atoms with E-state index in [9.17, 15) is 8.42 Å². The van der Waals surface area contributed by atoms with Gasteiger partial charge in [-0.3, -0.25) is 0 Å². The smallest absolute Gasteiger partial charge is 0.166 e. The van der Waals surface area contributed by atoms with E-state index in [1.807, 2.05) is 32.0 Å². The number of nitrogens with zero attached hydrogens (tertiary/aromatic N) is 4. The molecule has 3 rings (SSSR count). The van der Waals surface area contributed by atoms with Gasteiger partial charge in [-0.25, -0.2) is 13.1 Å². The van der Waals surface area contributed by atoms with E-state index in [-0.39, 0.29) is 17.5 Å². The van der Waals surface area contributed by atoms with Gasteiger partial charge in [0.15, 0.2) is 15.7 Å². The molecular formula is C14H18N4O2S. The predicted molar refractivity (Wildman–Crippen MR) is 78.3 cm³/mol. The van der Waals surface area contributed by atoms with Crippen molar-refractivity contribution >= 4 is 9.84 Å². The fourth-order valence-electron chi connectivity index (χ4n) is 2.56. The van der Waals surface area contributed by atoms with E-state index in [0.717, 1.165) is 29.5 Å². The lowest BCUT2D eigenvalue weighted by Gasteiger charge is -2.07. The molecule has 0 aliphatic heterocycles. The molecule has 1 aliphatic carbocycles. The van der Waals surface area contributed by atoms with E-state index < -0.39 is 9.84 Å². The molecule has 0 saturated heterocycles.